The van der Waals surface area contributed by atoms with Crippen molar-refractivity contribution in [3.05, 3.63) is 35.9 Å². The number of nitrogens with zero attached hydrogens (tertiary/aromatic N) is 2. The molecule has 0 aliphatic heterocycles. The summed E-state index contributed by atoms with van der Waals surface area (Å²) in [5.74, 6) is -0.865. The average molecular weight is 255 g/mol. The Morgan fingerprint density at radius 2 is 2.26 bits per heavy atom. The molecule has 1 atom stereocenters. The molecule has 0 amide bonds. The van der Waals surface area contributed by atoms with Crippen LogP contribution in [-0.2, 0) is 4.79 Å². The Morgan fingerprint density at radius 1 is 1.53 bits per heavy atom. The SMILES string of the molecule is CC(CNc1cc(C#N)c2ccccc2n1)C(=O)O. The number of pyridine rings is 1. The monoisotopic (exact) mass is 255 g/mol. The van der Waals surface area contributed by atoms with E-state index in [4.69, 9.17) is 10.4 Å². The number of rotatable bonds is 4. The summed E-state index contributed by atoms with van der Waals surface area (Å²) in [6, 6.07) is 11.1. The summed E-state index contributed by atoms with van der Waals surface area (Å²) in [5, 5.41) is 21.7. The number of fused-ring (bicyclic) bond motifs is 1. The van der Waals surface area contributed by atoms with E-state index in [1.54, 1.807) is 13.0 Å². The van der Waals surface area contributed by atoms with Gasteiger partial charge in [-0.25, -0.2) is 4.98 Å². The van der Waals surface area contributed by atoms with E-state index in [9.17, 15) is 4.79 Å². The largest absolute Gasteiger partial charge is 0.481 e. The number of nitrogens with one attached hydrogen (secondary N) is 1. The van der Waals surface area contributed by atoms with Crippen LogP contribution in [0, 0.1) is 17.2 Å². The maximum absolute atomic E-state index is 10.7. The molecule has 1 unspecified atom stereocenters. The van der Waals surface area contributed by atoms with Gasteiger partial charge in [0, 0.05) is 11.9 Å². The maximum atomic E-state index is 10.7. The number of carboxylic acids is 1. The molecular formula is C14H13N3O2. The van der Waals surface area contributed by atoms with E-state index in [1.807, 2.05) is 24.3 Å². The molecule has 1 aromatic heterocycles. The van der Waals surface area contributed by atoms with Crippen LogP contribution in [0.3, 0.4) is 0 Å². The van der Waals surface area contributed by atoms with Crippen molar-refractivity contribution in [1.82, 2.24) is 4.98 Å². The van der Waals surface area contributed by atoms with Crippen molar-refractivity contribution in [2.75, 3.05) is 11.9 Å². The molecule has 0 saturated carbocycles. The fourth-order valence-electron chi connectivity index (χ4n) is 1.70. The zero-order valence-electron chi connectivity index (χ0n) is 10.4. The summed E-state index contributed by atoms with van der Waals surface area (Å²) in [4.78, 5) is 15.1. The topological polar surface area (TPSA) is 86.0 Å². The van der Waals surface area contributed by atoms with Gasteiger partial charge in [-0.15, -0.1) is 0 Å². The number of nitriles is 1. The van der Waals surface area contributed by atoms with E-state index < -0.39 is 11.9 Å². The summed E-state index contributed by atoms with van der Waals surface area (Å²) < 4.78 is 0. The molecule has 96 valence electrons. The van der Waals surface area contributed by atoms with Gasteiger partial charge in [0.2, 0.25) is 0 Å². The molecule has 0 aliphatic rings. The predicted octanol–water partition coefficient (Wildman–Crippen LogP) is 2.24. The van der Waals surface area contributed by atoms with Crippen molar-refractivity contribution in [3.63, 3.8) is 0 Å². The zero-order valence-corrected chi connectivity index (χ0v) is 10.4. The lowest BCUT2D eigenvalue weighted by atomic mass is 10.1. The number of hydrogen-bond donors (Lipinski definition) is 2. The van der Waals surface area contributed by atoms with Crippen molar-refractivity contribution < 1.29 is 9.90 Å². The molecule has 19 heavy (non-hydrogen) atoms. The summed E-state index contributed by atoms with van der Waals surface area (Å²) in [5.41, 5.74) is 1.24. The highest BCUT2D eigenvalue weighted by Gasteiger charge is 2.11. The van der Waals surface area contributed by atoms with E-state index in [0.29, 0.717) is 16.9 Å². The Kier molecular flexibility index (Phi) is 3.62. The number of carbonyl (C=O) groups is 1. The molecule has 0 fully saturated rings. The van der Waals surface area contributed by atoms with E-state index in [2.05, 4.69) is 16.4 Å². The first-order valence-electron chi connectivity index (χ1n) is 5.88. The first kappa shape index (κ1) is 12.8. The minimum Gasteiger partial charge on any atom is -0.481 e. The van der Waals surface area contributed by atoms with Crippen LogP contribution < -0.4 is 5.32 Å². The molecule has 2 aromatic rings. The van der Waals surface area contributed by atoms with Crippen molar-refractivity contribution in [3.8, 4) is 6.07 Å². The van der Waals surface area contributed by atoms with Crippen LogP contribution in [-0.4, -0.2) is 22.6 Å². The van der Waals surface area contributed by atoms with Crippen LogP contribution >= 0.6 is 0 Å². The Hall–Kier alpha value is -2.61. The van der Waals surface area contributed by atoms with Crippen LogP contribution in [0.2, 0.25) is 0 Å². The molecule has 2 N–H and O–H groups in total. The standard InChI is InChI=1S/C14H13N3O2/c1-9(14(18)19)8-16-13-6-10(7-15)11-4-2-3-5-12(11)17-13/h2-6,9H,8H2,1H3,(H,16,17)(H,18,19). The molecule has 2 rings (SSSR count). The van der Waals surface area contributed by atoms with E-state index >= 15 is 0 Å². The molecule has 0 saturated heterocycles. The molecule has 0 bridgehead atoms. The zero-order chi connectivity index (χ0) is 13.8. The van der Waals surface area contributed by atoms with E-state index in [1.165, 1.54) is 0 Å². The molecular weight excluding hydrogens is 242 g/mol. The Morgan fingerprint density at radius 3 is 2.95 bits per heavy atom. The average Bonchev–Trinajstić information content (AvgIpc) is 2.43. The molecule has 0 spiro atoms. The lowest BCUT2D eigenvalue weighted by Crippen LogP contribution is -2.20. The normalized spacial score (nSPS) is 11.8. The number of aromatic nitrogens is 1. The van der Waals surface area contributed by atoms with Gasteiger partial charge in [-0.1, -0.05) is 25.1 Å². The van der Waals surface area contributed by atoms with Gasteiger partial charge in [-0.3, -0.25) is 4.79 Å². The Bertz CT molecular complexity index is 661. The van der Waals surface area contributed by atoms with Gasteiger partial charge in [0.05, 0.1) is 23.1 Å². The Labute approximate surface area is 110 Å². The highest BCUT2D eigenvalue weighted by molar-refractivity contribution is 5.86. The second-order valence-corrected chi connectivity index (χ2v) is 4.30. The number of para-hydroxylation sites is 1. The summed E-state index contributed by atoms with van der Waals surface area (Å²) in [6.45, 7) is 1.88. The predicted molar refractivity (Wildman–Crippen MR) is 71.7 cm³/mol. The maximum Gasteiger partial charge on any atom is 0.308 e. The number of benzene rings is 1. The Balaban J connectivity index is 2.30. The summed E-state index contributed by atoms with van der Waals surface area (Å²) in [6.07, 6.45) is 0. The summed E-state index contributed by atoms with van der Waals surface area (Å²) >= 11 is 0. The van der Waals surface area contributed by atoms with Crippen molar-refractivity contribution >= 4 is 22.7 Å². The molecule has 1 aromatic carbocycles. The third-order valence-corrected chi connectivity index (χ3v) is 2.85. The van der Waals surface area contributed by atoms with Gasteiger partial charge < -0.3 is 10.4 Å². The lowest BCUT2D eigenvalue weighted by Gasteiger charge is -2.10. The van der Waals surface area contributed by atoms with Gasteiger partial charge in [0.25, 0.3) is 0 Å². The fraction of sp³-hybridized carbons (Fsp3) is 0.214. The fourth-order valence-corrected chi connectivity index (χ4v) is 1.70. The van der Waals surface area contributed by atoms with Crippen LogP contribution in [0.5, 0.6) is 0 Å². The lowest BCUT2D eigenvalue weighted by molar-refractivity contribution is -0.140. The highest BCUT2D eigenvalue weighted by atomic mass is 16.4. The second kappa shape index (κ2) is 5.36. The summed E-state index contributed by atoms with van der Waals surface area (Å²) in [7, 11) is 0. The quantitative estimate of drug-likeness (QED) is 0.875. The number of aliphatic carboxylic acids is 1. The van der Waals surface area contributed by atoms with E-state index in [0.717, 1.165) is 5.39 Å². The van der Waals surface area contributed by atoms with Gasteiger partial charge in [0.1, 0.15) is 5.82 Å². The minimum atomic E-state index is -0.867. The van der Waals surface area contributed by atoms with Crippen LogP contribution in [0.4, 0.5) is 5.82 Å². The van der Waals surface area contributed by atoms with E-state index in [-0.39, 0.29) is 6.54 Å². The van der Waals surface area contributed by atoms with Crippen LogP contribution in [0.15, 0.2) is 30.3 Å². The molecule has 1 heterocycles. The molecule has 5 heteroatoms. The molecule has 5 nitrogen and oxygen atoms in total. The van der Waals surface area contributed by atoms with Gasteiger partial charge in [0.15, 0.2) is 0 Å². The van der Waals surface area contributed by atoms with Crippen molar-refractivity contribution in [2.24, 2.45) is 5.92 Å². The first-order valence-corrected chi connectivity index (χ1v) is 5.88. The third-order valence-electron chi connectivity index (χ3n) is 2.85. The van der Waals surface area contributed by atoms with Crippen molar-refractivity contribution in [1.29, 1.82) is 5.26 Å². The number of carboxylic acid groups (broad SMARTS) is 1. The van der Waals surface area contributed by atoms with Gasteiger partial charge in [-0.2, -0.15) is 5.26 Å². The number of hydrogen-bond acceptors (Lipinski definition) is 4. The second-order valence-electron chi connectivity index (χ2n) is 4.30. The third kappa shape index (κ3) is 2.80. The number of anilines is 1. The minimum absolute atomic E-state index is 0.269. The molecule has 0 radical (unpaired) electrons. The van der Waals surface area contributed by atoms with Crippen LogP contribution in [0.1, 0.15) is 12.5 Å². The molecule has 0 aliphatic carbocycles. The van der Waals surface area contributed by atoms with Gasteiger partial charge in [-0.05, 0) is 12.1 Å². The highest BCUT2D eigenvalue weighted by Crippen LogP contribution is 2.20. The first-order chi connectivity index (χ1) is 9.11. The van der Waals surface area contributed by atoms with Crippen LogP contribution in [0.25, 0.3) is 10.9 Å². The van der Waals surface area contributed by atoms with Gasteiger partial charge >= 0.3 is 5.97 Å². The van der Waals surface area contributed by atoms with Crippen molar-refractivity contribution in [2.45, 2.75) is 6.92 Å². The smallest absolute Gasteiger partial charge is 0.308 e.